The van der Waals surface area contributed by atoms with Crippen LogP contribution in [0.15, 0.2) is 0 Å². The molecule has 12 heavy (non-hydrogen) atoms. The molecule has 1 fully saturated rings. The third kappa shape index (κ3) is 2.78. The van der Waals surface area contributed by atoms with Crippen molar-refractivity contribution >= 4 is 0 Å². The number of hydrogen-bond donors (Lipinski definition) is 1. The van der Waals surface area contributed by atoms with Gasteiger partial charge in [-0.15, -0.1) is 0 Å². The monoisotopic (exact) mass is 170 g/mol. The van der Waals surface area contributed by atoms with E-state index in [4.69, 9.17) is 0 Å². The van der Waals surface area contributed by atoms with Crippen molar-refractivity contribution in [1.82, 2.24) is 0 Å². The third-order valence-electron chi connectivity index (χ3n) is 3.13. The van der Waals surface area contributed by atoms with E-state index in [0.29, 0.717) is 5.92 Å². The maximum atomic E-state index is 9.71. The summed E-state index contributed by atoms with van der Waals surface area (Å²) in [6.07, 6.45) is 7.31. The molecule has 3 atom stereocenters. The quantitative estimate of drug-likeness (QED) is 0.690. The normalized spacial score (nSPS) is 36.8. The largest absolute Gasteiger partial charge is 0.393 e. The highest BCUT2D eigenvalue weighted by molar-refractivity contribution is 4.77. The Morgan fingerprint density at radius 2 is 2.08 bits per heavy atom. The van der Waals surface area contributed by atoms with Gasteiger partial charge in [0.1, 0.15) is 0 Å². The Morgan fingerprint density at radius 1 is 1.33 bits per heavy atom. The van der Waals surface area contributed by atoms with Crippen LogP contribution in [0.2, 0.25) is 0 Å². The van der Waals surface area contributed by atoms with Gasteiger partial charge >= 0.3 is 0 Å². The Bertz CT molecular complexity index is 122. The highest BCUT2D eigenvalue weighted by atomic mass is 16.3. The predicted molar refractivity (Wildman–Crippen MR) is 52.0 cm³/mol. The molecule has 3 unspecified atom stereocenters. The minimum Gasteiger partial charge on any atom is -0.393 e. The fourth-order valence-corrected chi connectivity index (χ4v) is 2.26. The second-order valence-electron chi connectivity index (χ2n) is 4.39. The summed E-state index contributed by atoms with van der Waals surface area (Å²) in [7, 11) is 0. The first-order valence-electron chi connectivity index (χ1n) is 5.42. The first kappa shape index (κ1) is 10.0. The molecule has 0 saturated heterocycles. The van der Waals surface area contributed by atoms with Gasteiger partial charge in [-0.25, -0.2) is 0 Å². The first-order chi connectivity index (χ1) is 5.74. The van der Waals surface area contributed by atoms with Crippen LogP contribution < -0.4 is 0 Å². The summed E-state index contributed by atoms with van der Waals surface area (Å²) in [4.78, 5) is 0. The average Bonchev–Trinajstić information content (AvgIpc) is 2.07. The van der Waals surface area contributed by atoms with Gasteiger partial charge in [0.05, 0.1) is 6.10 Å². The summed E-state index contributed by atoms with van der Waals surface area (Å²) in [5.74, 6) is 1.45. The summed E-state index contributed by atoms with van der Waals surface area (Å²) in [5.41, 5.74) is 0. The van der Waals surface area contributed by atoms with Gasteiger partial charge in [-0.05, 0) is 37.5 Å². The molecular weight excluding hydrogens is 148 g/mol. The standard InChI is InChI=1S/C11H22O/c1-3-4-5-10-8-9(2)6-7-11(10)12/h9-12H,3-8H2,1-2H3. The first-order valence-corrected chi connectivity index (χ1v) is 5.42. The highest BCUT2D eigenvalue weighted by Crippen LogP contribution is 2.32. The Balaban J connectivity index is 2.28. The van der Waals surface area contributed by atoms with E-state index in [-0.39, 0.29) is 6.10 Å². The summed E-state index contributed by atoms with van der Waals surface area (Å²) in [6, 6.07) is 0. The Hall–Kier alpha value is -0.0400. The van der Waals surface area contributed by atoms with Crippen molar-refractivity contribution in [3.8, 4) is 0 Å². The highest BCUT2D eigenvalue weighted by Gasteiger charge is 2.25. The van der Waals surface area contributed by atoms with Crippen LogP contribution in [0.4, 0.5) is 0 Å². The van der Waals surface area contributed by atoms with Crippen molar-refractivity contribution in [3.63, 3.8) is 0 Å². The zero-order valence-corrected chi connectivity index (χ0v) is 8.42. The van der Waals surface area contributed by atoms with Crippen molar-refractivity contribution in [2.75, 3.05) is 0 Å². The fraction of sp³-hybridized carbons (Fsp3) is 1.00. The average molecular weight is 170 g/mol. The van der Waals surface area contributed by atoms with Gasteiger partial charge in [-0.3, -0.25) is 0 Å². The van der Waals surface area contributed by atoms with E-state index >= 15 is 0 Å². The van der Waals surface area contributed by atoms with Crippen molar-refractivity contribution in [3.05, 3.63) is 0 Å². The molecule has 1 N–H and O–H groups in total. The van der Waals surface area contributed by atoms with E-state index in [1.54, 1.807) is 0 Å². The van der Waals surface area contributed by atoms with Gasteiger partial charge in [0.2, 0.25) is 0 Å². The molecule has 0 aromatic rings. The molecule has 1 nitrogen and oxygen atoms in total. The van der Waals surface area contributed by atoms with Crippen molar-refractivity contribution in [2.45, 2.75) is 58.5 Å². The van der Waals surface area contributed by atoms with E-state index in [9.17, 15) is 5.11 Å². The van der Waals surface area contributed by atoms with E-state index < -0.39 is 0 Å². The maximum Gasteiger partial charge on any atom is 0.0568 e. The molecule has 0 aromatic carbocycles. The fourth-order valence-electron chi connectivity index (χ4n) is 2.26. The number of aliphatic hydroxyl groups is 1. The zero-order chi connectivity index (χ0) is 8.97. The van der Waals surface area contributed by atoms with Crippen LogP contribution in [-0.4, -0.2) is 11.2 Å². The van der Waals surface area contributed by atoms with Crippen LogP contribution in [0.25, 0.3) is 0 Å². The zero-order valence-electron chi connectivity index (χ0n) is 8.42. The Labute approximate surface area is 76.2 Å². The lowest BCUT2D eigenvalue weighted by molar-refractivity contribution is 0.0463. The lowest BCUT2D eigenvalue weighted by Gasteiger charge is -2.31. The molecule has 1 heteroatoms. The second kappa shape index (κ2) is 4.86. The number of rotatable bonds is 3. The van der Waals surface area contributed by atoms with E-state index in [2.05, 4.69) is 13.8 Å². The van der Waals surface area contributed by atoms with Crippen molar-refractivity contribution in [1.29, 1.82) is 0 Å². The molecule has 1 aliphatic rings. The Morgan fingerprint density at radius 3 is 2.75 bits per heavy atom. The SMILES string of the molecule is CCCCC1CC(C)CCC1O. The topological polar surface area (TPSA) is 20.2 Å². The maximum absolute atomic E-state index is 9.71. The van der Waals surface area contributed by atoms with Gasteiger partial charge in [-0.2, -0.15) is 0 Å². The molecule has 0 spiro atoms. The molecular formula is C11H22O. The molecule has 0 amide bonds. The van der Waals surface area contributed by atoms with E-state index in [1.165, 1.54) is 32.1 Å². The number of aliphatic hydroxyl groups excluding tert-OH is 1. The molecule has 0 aliphatic heterocycles. The van der Waals surface area contributed by atoms with Crippen molar-refractivity contribution < 1.29 is 5.11 Å². The Kier molecular flexibility index (Phi) is 4.07. The van der Waals surface area contributed by atoms with Gasteiger partial charge in [0, 0.05) is 0 Å². The van der Waals surface area contributed by atoms with Crippen LogP contribution in [0, 0.1) is 11.8 Å². The smallest absolute Gasteiger partial charge is 0.0568 e. The summed E-state index contributed by atoms with van der Waals surface area (Å²) in [6.45, 7) is 4.53. The molecule has 0 bridgehead atoms. The molecule has 72 valence electrons. The summed E-state index contributed by atoms with van der Waals surface area (Å²) < 4.78 is 0. The number of hydrogen-bond acceptors (Lipinski definition) is 1. The molecule has 1 saturated carbocycles. The third-order valence-corrected chi connectivity index (χ3v) is 3.13. The van der Waals surface area contributed by atoms with Crippen LogP contribution in [0.5, 0.6) is 0 Å². The van der Waals surface area contributed by atoms with E-state index in [1.807, 2.05) is 0 Å². The predicted octanol–water partition coefficient (Wildman–Crippen LogP) is 2.97. The van der Waals surface area contributed by atoms with Crippen LogP contribution in [-0.2, 0) is 0 Å². The van der Waals surface area contributed by atoms with Crippen LogP contribution >= 0.6 is 0 Å². The van der Waals surface area contributed by atoms with Gasteiger partial charge in [-0.1, -0.05) is 26.7 Å². The summed E-state index contributed by atoms with van der Waals surface area (Å²) in [5, 5.41) is 9.71. The van der Waals surface area contributed by atoms with Gasteiger partial charge in [0.15, 0.2) is 0 Å². The minimum atomic E-state index is 0.00718. The van der Waals surface area contributed by atoms with Gasteiger partial charge < -0.3 is 5.11 Å². The molecule has 0 aromatic heterocycles. The second-order valence-corrected chi connectivity index (χ2v) is 4.39. The molecule has 1 rings (SSSR count). The van der Waals surface area contributed by atoms with Gasteiger partial charge in [0.25, 0.3) is 0 Å². The minimum absolute atomic E-state index is 0.00718. The van der Waals surface area contributed by atoms with E-state index in [0.717, 1.165) is 12.3 Å². The molecule has 0 heterocycles. The lowest BCUT2D eigenvalue weighted by atomic mass is 9.78. The molecule has 1 aliphatic carbocycles. The summed E-state index contributed by atoms with van der Waals surface area (Å²) >= 11 is 0. The lowest BCUT2D eigenvalue weighted by Crippen LogP contribution is -2.28. The van der Waals surface area contributed by atoms with Crippen molar-refractivity contribution in [2.24, 2.45) is 11.8 Å². The van der Waals surface area contributed by atoms with Crippen LogP contribution in [0.3, 0.4) is 0 Å². The number of unbranched alkanes of at least 4 members (excludes halogenated alkanes) is 1. The van der Waals surface area contributed by atoms with Crippen LogP contribution in [0.1, 0.15) is 52.4 Å². The molecule has 0 radical (unpaired) electrons.